The summed E-state index contributed by atoms with van der Waals surface area (Å²) in [4.78, 5) is 2.39. The fourth-order valence-corrected chi connectivity index (χ4v) is 7.05. The summed E-state index contributed by atoms with van der Waals surface area (Å²) in [6, 6.07) is 68.1. The molecule has 1 nitrogen and oxygen atoms in total. The number of hydrogen-bond donors (Lipinski definition) is 0. The Morgan fingerprint density at radius 2 is 0.818 bits per heavy atom. The monoisotopic (exact) mass is 561 g/mol. The van der Waals surface area contributed by atoms with Crippen molar-refractivity contribution in [2.45, 2.75) is 5.41 Å². The summed E-state index contributed by atoms with van der Waals surface area (Å²) < 4.78 is 0. The van der Waals surface area contributed by atoms with Gasteiger partial charge in [-0.15, -0.1) is 0 Å². The summed E-state index contributed by atoms with van der Waals surface area (Å²) in [5.74, 6) is 0. The van der Waals surface area contributed by atoms with Crippen LogP contribution in [-0.2, 0) is 5.41 Å². The van der Waals surface area contributed by atoms with Crippen molar-refractivity contribution >= 4 is 17.1 Å². The highest BCUT2D eigenvalue weighted by Crippen LogP contribution is 2.57. The van der Waals surface area contributed by atoms with Crippen molar-refractivity contribution < 1.29 is 0 Å². The summed E-state index contributed by atoms with van der Waals surface area (Å²) in [6.45, 7) is 0. The average Bonchev–Trinajstić information content (AvgIpc) is 3.41. The summed E-state index contributed by atoms with van der Waals surface area (Å²) in [7, 11) is 0. The Bertz CT molecular complexity index is 2010. The van der Waals surface area contributed by atoms with Crippen LogP contribution < -0.4 is 4.90 Å². The molecule has 0 amide bonds. The third kappa shape index (κ3) is 4.17. The molecule has 1 aliphatic carbocycles. The molecule has 0 saturated carbocycles. The van der Waals surface area contributed by atoms with Crippen LogP contribution in [0.25, 0.3) is 22.3 Å². The molecule has 44 heavy (non-hydrogen) atoms. The second-order valence-corrected chi connectivity index (χ2v) is 11.3. The lowest BCUT2D eigenvalue weighted by Gasteiger charge is -2.35. The zero-order chi connectivity index (χ0) is 29.3. The van der Waals surface area contributed by atoms with Gasteiger partial charge < -0.3 is 4.90 Å². The summed E-state index contributed by atoms with van der Waals surface area (Å²) in [5.41, 5.74) is 13.1. The molecule has 0 atom stereocenters. The Hall–Kier alpha value is -5.66. The molecule has 1 heteroatoms. The van der Waals surface area contributed by atoms with Gasteiger partial charge in [0.15, 0.2) is 0 Å². The van der Waals surface area contributed by atoms with Crippen molar-refractivity contribution in [1.29, 1.82) is 0 Å². The molecule has 208 valence electrons. The predicted molar refractivity (Wildman–Crippen MR) is 184 cm³/mol. The molecule has 0 aliphatic heterocycles. The van der Waals surface area contributed by atoms with Crippen LogP contribution in [0.1, 0.15) is 22.3 Å². The third-order valence-corrected chi connectivity index (χ3v) is 8.93. The Labute approximate surface area is 259 Å². The molecule has 0 fully saturated rings. The van der Waals surface area contributed by atoms with Crippen molar-refractivity contribution in [2.75, 3.05) is 4.90 Å². The third-order valence-electron chi connectivity index (χ3n) is 8.93. The molecule has 0 radical (unpaired) electrons. The van der Waals surface area contributed by atoms with Crippen LogP contribution in [0.5, 0.6) is 0 Å². The lowest BCUT2D eigenvalue weighted by molar-refractivity contribution is 0.768. The number of anilines is 3. The molecule has 1 aliphatic rings. The van der Waals surface area contributed by atoms with Gasteiger partial charge in [-0.05, 0) is 80.9 Å². The van der Waals surface area contributed by atoms with Crippen LogP contribution in [-0.4, -0.2) is 0 Å². The number of nitrogens with zero attached hydrogens (tertiary/aromatic N) is 1. The summed E-state index contributed by atoms with van der Waals surface area (Å²) in [5, 5.41) is 0. The van der Waals surface area contributed by atoms with E-state index in [4.69, 9.17) is 0 Å². The quantitative estimate of drug-likeness (QED) is 0.195. The van der Waals surface area contributed by atoms with Crippen LogP contribution >= 0.6 is 0 Å². The number of benzene rings is 7. The fourth-order valence-electron chi connectivity index (χ4n) is 7.05. The molecule has 0 bridgehead atoms. The van der Waals surface area contributed by atoms with Crippen molar-refractivity contribution in [1.82, 2.24) is 0 Å². The van der Waals surface area contributed by atoms with Gasteiger partial charge in [-0.1, -0.05) is 152 Å². The summed E-state index contributed by atoms with van der Waals surface area (Å²) in [6.07, 6.45) is 0. The number of hydrogen-bond acceptors (Lipinski definition) is 1. The Balaban J connectivity index is 1.39. The van der Waals surface area contributed by atoms with Crippen LogP contribution in [0.4, 0.5) is 17.1 Å². The molecule has 0 unspecified atom stereocenters. The predicted octanol–water partition coefficient (Wildman–Crippen LogP) is 11.2. The topological polar surface area (TPSA) is 3.24 Å². The highest BCUT2D eigenvalue weighted by Gasteiger charge is 2.46. The highest BCUT2D eigenvalue weighted by atomic mass is 15.1. The Morgan fingerprint density at radius 3 is 1.50 bits per heavy atom. The maximum Gasteiger partial charge on any atom is 0.0714 e. The number of para-hydroxylation sites is 1. The fraction of sp³-hybridized carbons (Fsp3) is 0.0233. The lowest BCUT2D eigenvalue weighted by Crippen LogP contribution is -2.28. The normalized spacial score (nSPS) is 12.7. The average molecular weight is 562 g/mol. The van der Waals surface area contributed by atoms with Gasteiger partial charge in [-0.3, -0.25) is 0 Å². The van der Waals surface area contributed by atoms with Gasteiger partial charge in [0.25, 0.3) is 0 Å². The zero-order valence-corrected chi connectivity index (χ0v) is 24.3. The Kier molecular flexibility index (Phi) is 6.43. The van der Waals surface area contributed by atoms with Crippen molar-refractivity contribution in [3.8, 4) is 22.3 Å². The van der Waals surface area contributed by atoms with Crippen molar-refractivity contribution in [2.24, 2.45) is 0 Å². The summed E-state index contributed by atoms with van der Waals surface area (Å²) >= 11 is 0. The van der Waals surface area contributed by atoms with E-state index < -0.39 is 5.41 Å². The second kappa shape index (κ2) is 10.9. The van der Waals surface area contributed by atoms with Crippen LogP contribution in [0.15, 0.2) is 188 Å². The van der Waals surface area contributed by atoms with E-state index in [1.54, 1.807) is 0 Å². The van der Waals surface area contributed by atoms with Gasteiger partial charge >= 0.3 is 0 Å². The first kappa shape index (κ1) is 26.0. The minimum atomic E-state index is -0.446. The van der Waals surface area contributed by atoms with Gasteiger partial charge in [-0.2, -0.15) is 0 Å². The minimum absolute atomic E-state index is 0.446. The first-order valence-corrected chi connectivity index (χ1v) is 15.2. The second-order valence-electron chi connectivity index (χ2n) is 11.3. The van der Waals surface area contributed by atoms with Crippen LogP contribution in [0.3, 0.4) is 0 Å². The molecular formula is C43H31N. The van der Waals surface area contributed by atoms with Gasteiger partial charge in [0.05, 0.1) is 5.41 Å². The maximum absolute atomic E-state index is 2.43. The molecule has 0 N–H and O–H groups in total. The molecule has 0 heterocycles. The molecule has 0 aromatic heterocycles. The first-order valence-electron chi connectivity index (χ1n) is 15.2. The zero-order valence-electron chi connectivity index (χ0n) is 24.3. The molecule has 7 aromatic carbocycles. The van der Waals surface area contributed by atoms with E-state index in [-0.39, 0.29) is 0 Å². The molecule has 8 rings (SSSR count). The molecule has 0 spiro atoms. The largest absolute Gasteiger partial charge is 0.310 e. The van der Waals surface area contributed by atoms with Gasteiger partial charge in [0, 0.05) is 17.1 Å². The van der Waals surface area contributed by atoms with Crippen molar-refractivity contribution in [3.05, 3.63) is 210 Å². The molecular weight excluding hydrogens is 530 g/mol. The van der Waals surface area contributed by atoms with Crippen LogP contribution in [0.2, 0.25) is 0 Å². The van der Waals surface area contributed by atoms with E-state index in [1.807, 2.05) is 0 Å². The highest BCUT2D eigenvalue weighted by molar-refractivity contribution is 5.89. The van der Waals surface area contributed by atoms with E-state index >= 15 is 0 Å². The van der Waals surface area contributed by atoms with E-state index in [2.05, 4.69) is 193 Å². The number of rotatable bonds is 6. The maximum atomic E-state index is 2.43. The van der Waals surface area contributed by atoms with Crippen molar-refractivity contribution in [3.63, 3.8) is 0 Å². The smallest absolute Gasteiger partial charge is 0.0714 e. The van der Waals surface area contributed by atoms with Gasteiger partial charge in [0.2, 0.25) is 0 Å². The molecule has 0 saturated heterocycles. The lowest BCUT2D eigenvalue weighted by atomic mass is 9.67. The Morgan fingerprint density at radius 1 is 0.318 bits per heavy atom. The first-order chi connectivity index (χ1) is 21.8. The van der Waals surface area contributed by atoms with E-state index in [9.17, 15) is 0 Å². The van der Waals surface area contributed by atoms with E-state index in [0.29, 0.717) is 0 Å². The SMILES string of the molecule is c1ccc(-c2cccc(N(c3ccccc3)c3ccc4c(c3)C(c3ccccc3)(c3ccccc3)c3ccccc3-4)c2)cc1. The molecule has 7 aromatic rings. The van der Waals surface area contributed by atoms with E-state index in [0.717, 1.165) is 17.1 Å². The van der Waals surface area contributed by atoms with Crippen LogP contribution in [0, 0.1) is 0 Å². The van der Waals surface area contributed by atoms with Gasteiger partial charge in [0.1, 0.15) is 0 Å². The minimum Gasteiger partial charge on any atom is -0.310 e. The van der Waals surface area contributed by atoms with E-state index in [1.165, 1.54) is 44.5 Å². The number of fused-ring (bicyclic) bond motifs is 3. The standard InChI is InChI=1S/C43H31N/c1-5-16-32(17-6-1)33-18-15-25-37(30-33)44(36-23-11-4-12-24-36)38-28-29-40-39-26-13-14-27-41(39)43(42(40)31-38,34-19-7-2-8-20-34)35-21-9-3-10-22-35/h1-31H. The van der Waals surface area contributed by atoms with Gasteiger partial charge in [-0.25, -0.2) is 0 Å².